The minimum absolute atomic E-state index is 0.0303. The first kappa shape index (κ1) is 30.5. The van der Waals surface area contributed by atoms with Crippen LogP contribution in [0.2, 0.25) is 0 Å². The molecule has 0 spiro atoms. The Labute approximate surface area is 320 Å². The molecule has 12 rings (SSSR count). The number of benzene rings is 7. The van der Waals surface area contributed by atoms with Gasteiger partial charge in [0.25, 0.3) is 0 Å². The number of nitrogens with one attached hydrogen (secondary N) is 1. The molecule has 1 N–H and O–H groups in total. The maximum absolute atomic E-state index is 6.48. The molecule has 10 aromatic rings. The lowest BCUT2D eigenvalue weighted by Crippen LogP contribution is -2.39. The number of aliphatic imine (C=N–C) groups is 1. The average molecular weight is 722 g/mol. The van der Waals surface area contributed by atoms with Crippen LogP contribution in [-0.2, 0) is 0 Å². The van der Waals surface area contributed by atoms with Crippen molar-refractivity contribution in [2.75, 3.05) is 0 Å². The second kappa shape index (κ2) is 11.8. The molecule has 0 fully saturated rings. The third-order valence-corrected chi connectivity index (χ3v) is 12.4. The van der Waals surface area contributed by atoms with Crippen molar-refractivity contribution in [1.29, 1.82) is 0 Å². The number of hydrogen-bond donors (Lipinski definition) is 1. The molecule has 1 unspecified atom stereocenters. The first-order valence-corrected chi connectivity index (χ1v) is 19.5. The highest BCUT2D eigenvalue weighted by Crippen LogP contribution is 2.41. The van der Waals surface area contributed by atoms with E-state index in [2.05, 4.69) is 180 Å². The highest BCUT2D eigenvalue weighted by Gasteiger charge is 2.26. The first-order chi connectivity index (χ1) is 27.2. The Kier molecular flexibility index (Phi) is 6.53. The van der Waals surface area contributed by atoms with Crippen molar-refractivity contribution in [3.63, 3.8) is 0 Å². The fourth-order valence-electron chi connectivity index (χ4n) is 8.70. The van der Waals surface area contributed by atoms with Gasteiger partial charge in [0.15, 0.2) is 0 Å². The van der Waals surface area contributed by atoms with Gasteiger partial charge in [-0.15, -0.1) is 11.3 Å². The minimum Gasteiger partial charge on any atom is -0.456 e. The van der Waals surface area contributed by atoms with Crippen molar-refractivity contribution in [3.8, 4) is 16.8 Å². The molecule has 1 aliphatic heterocycles. The van der Waals surface area contributed by atoms with E-state index < -0.39 is 0 Å². The molecule has 0 radical (unpaired) electrons. The smallest absolute Gasteiger partial charge is 0.136 e. The third kappa shape index (κ3) is 4.67. The van der Waals surface area contributed by atoms with Crippen LogP contribution < -0.4 is 5.32 Å². The normalized spacial score (nSPS) is 15.5. The van der Waals surface area contributed by atoms with Gasteiger partial charge in [0, 0.05) is 64.1 Å². The van der Waals surface area contributed by atoms with Crippen LogP contribution >= 0.6 is 11.3 Å². The van der Waals surface area contributed by atoms with Gasteiger partial charge in [-0.25, -0.2) is 4.99 Å². The Morgan fingerprint density at radius 2 is 1.35 bits per heavy atom. The van der Waals surface area contributed by atoms with Crippen LogP contribution in [0.25, 0.3) is 86.4 Å². The van der Waals surface area contributed by atoms with Gasteiger partial charge in [0.05, 0.1) is 22.8 Å². The van der Waals surface area contributed by atoms with E-state index in [1.165, 1.54) is 58.8 Å². The Balaban J connectivity index is 0.973. The quantitative estimate of drug-likeness (QED) is 0.197. The van der Waals surface area contributed by atoms with Crippen molar-refractivity contribution in [2.24, 2.45) is 4.99 Å². The van der Waals surface area contributed by atoms with Crippen LogP contribution in [0.4, 0.5) is 0 Å². The Hall–Kier alpha value is -6.95. The summed E-state index contributed by atoms with van der Waals surface area (Å²) in [5, 5.41) is 11.0. The maximum atomic E-state index is 6.48. The first-order valence-electron chi connectivity index (χ1n) is 18.7. The highest BCUT2D eigenvalue weighted by atomic mass is 32.1. The van der Waals surface area contributed by atoms with Gasteiger partial charge >= 0.3 is 0 Å². The van der Waals surface area contributed by atoms with E-state index in [9.17, 15) is 0 Å². The molecule has 4 nitrogen and oxygen atoms in total. The summed E-state index contributed by atoms with van der Waals surface area (Å²) in [6.45, 7) is 0. The zero-order valence-electron chi connectivity index (χ0n) is 29.5. The molecule has 4 heterocycles. The number of fused-ring (bicyclic) bond motifs is 10. The number of furan rings is 1. The number of amidine groups is 1. The summed E-state index contributed by atoms with van der Waals surface area (Å²) < 4.78 is 11.4. The monoisotopic (exact) mass is 721 g/mol. The number of rotatable bonds is 4. The second-order valence-corrected chi connectivity index (χ2v) is 15.4. The van der Waals surface area contributed by atoms with Gasteiger partial charge in [-0.05, 0) is 65.7 Å². The zero-order valence-corrected chi connectivity index (χ0v) is 30.3. The second-order valence-electron chi connectivity index (χ2n) is 14.4. The minimum atomic E-state index is 0.0303. The molecule has 0 saturated heterocycles. The zero-order chi connectivity index (χ0) is 36.0. The predicted molar refractivity (Wildman–Crippen MR) is 231 cm³/mol. The van der Waals surface area contributed by atoms with E-state index in [0.717, 1.165) is 50.2 Å². The molecule has 3 aromatic heterocycles. The van der Waals surface area contributed by atoms with Crippen LogP contribution in [0.1, 0.15) is 11.1 Å². The van der Waals surface area contributed by atoms with Crippen LogP contribution in [0.15, 0.2) is 191 Å². The third-order valence-electron chi connectivity index (χ3n) is 11.2. The number of aromatic nitrogens is 1. The summed E-state index contributed by atoms with van der Waals surface area (Å²) in [4.78, 5) is 5.29. The van der Waals surface area contributed by atoms with Crippen molar-refractivity contribution in [3.05, 3.63) is 193 Å². The van der Waals surface area contributed by atoms with Crippen LogP contribution in [-0.4, -0.2) is 16.4 Å². The summed E-state index contributed by atoms with van der Waals surface area (Å²) in [6, 6.07) is 54.6. The van der Waals surface area contributed by atoms with E-state index in [1.807, 2.05) is 17.4 Å². The lowest BCUT2D eigenvalue weighted by molar-refractivity contribution is 0.669. The molecule has 0 amide bonds. The molecular weight excluding hydrogens is 691 g/mol. The molecule has 55 heavy (non-hydrogen) atoms. The summed E-state index contributed by atoms with van der Waals surface area (Å²) in [5.41, 5.74) is 12.0. The van der Waals surface area contributed by atoms with E-state index in [1.54, 1.807) is 0 Å². The molecule has 1 atom stereocenters. The summed E-state index contributed by atoms with van der Waals surface area (Å²) in [7, 11) is 0. The van der Waals surface area contributed by atoms with Gasteiger partial charge < -0.3 is 14.3 Å². The lowest BCUT2D eigenvalue weighted by Gasteiger charge is -2.28. The maximum Gasteiger partial charge on any atom is 0.136 e. The molecular formula is C50H31N3OS. The van der Waals surface area contributed by atoms with Gasteiger partial charge in [0.1, 0.15) is 17.0 Å². The van der Waals surface area contributed by atoms with Crippen molar-refractivity contribution in [1.82, 2.24) is 9.88 Å². The van der Waals surface area contributed by atoms with E-state index in [0.29, 0.717) is 0 Å². The molecule has 0 saturated carbocycles. The average Bonchev–Trinajstić information content (AvgIpc) is 3.92. The van der Waals surface area contributed by atoms with E-state index in [-0.39, 0.29) is 6.04 Å². The van der Waals surface area contributed by atoms with E-state index >= 15 is 0 Å². The van der Waals surface area contributed by atoms with Crippen LogP contribution in [0.5, 0.6) is 0 Å². The summed E-state index contributed by atoms with van der Waals surface area (Å²) >= 11 is 1.85. The number of thiophene rings is 1. The number of nitrogens with zero attached hydrogens (tertiary/aromatic N) is 2. The van der Waals surface area contributed by atoms with Crippen LogP contribution in [0.3, 0.4) is 0 Å². The largest absolute Gasteiger partial charge is 0.456 e. The molecule has 258 valence electrons. The summed E-state index contributed by atoms with van der Waals surface area (Å²) in [6.07, 6.45) is 8.56. The van der Waals surface area contributed by atoms with Gasteiger partial charge in [-0.2, -0.15) is 0 Å². The van der Waals surface area contributed by atoms with Crippen molar-refractivity contribution < 1.29 is 4.42 Å². The lowest BCUT2D eigenvalue weighted by atomic mass is 9.93. The number of allylic oxidation sites excluding steroid dienone is 2. The van der Waals surface area contributed by atoms with E-state index in [4.69, 9.17) is 9.41 Å². The molecule has 5 heteroatoms. The predicted octanol–water partition coefficient (Wildman–Crippen LogP) is 13.0. The van der Waals surface area contributed by atoms with Crippen LogP contribution in [0, 0.1) is 0 Å². The number of para-hydroxylation sites is 2. The molecule has 0 bridgehead atoms. The van der Waals surface area contributed by atoms with Crippen molar-refractivity contribution in [2.45, 2.75) is 6.04 Å². The van der Waals surface area contributed by atoms with Gasteiger partial charge in [0.2, 0.25) is 0 Å². The Morgan fingerprint density at radius 3 is 2.20 bits per heavy atom. The molecule has 2 aliphatic rings. The fraction of sp³-hybridized carbons (Fsp3) is 0.0200. The fourth-order valence-corrected chi connectivity index (χ4v) is 9.83. The SMILES string of the molecule is C1=CC2=C(c3ccccc3)N=C(c3cccc4oc5ccc(-c6ccc7c(c6)sc6ccc(-n8c9ccccc9c9ccccc98)cc67)cc5c34)NC2C=C1. The summed E-state index contributed by atoms with van der Waals surface area (Å²) in [5.74, 6) is 0.846. The Bertz CT molecular complexity index is 3300. The van der Waals surface area contributed by atoms with Gasteiger partial charge in [-0.1, -0.05) is 121 Å². The highest BCUT2D eigenvalue weighted by molar-refractivity contribution is 7.25. The molecule has 7 aromatic carbocycles. The topological polar surface area (TPSA) is 42.5 Å². The van der Waals surface area contributed by atoms with Crippen molar-refractivity contribution >= 4 is 86.8 Å². The standard InChI is InChI=1S/C50H31N3OS/c1-2-11-30(12-3-1)49-37-15-4-7-17-41(37)51-50(52-49)38-16-10-20-45-48(38)40-27-31(22-25-44(40)54-45)32-21-24-36-39-29-33(23-26-46(39)55-47(36)28-32)53-42-18-8-5-13-34(42)35-14-6-9-19-43(35)53/h1-29,41H,(H,51,52). The Morgan fingerprint density at radius 1 is 0.564 bits per heavy atom. The van der Waals surface area contributed by atoms with Gasteiger partial charge in [-0.3, -0.25) is 0 Å². The number of hydrogen-bond acceptors (Lipinski definition) is 4. The molecule has 1 aliphatic carbocycles.